The normalized spacial score (nSPS) is 10.6. The van der Waals surface area contributed by atoms with Gasteiger partial charge >= 0.3 is 0 Å². The molecule has 0 unspecified atom stereocenters. The Balaban J connectivity index is 2.54. The summed E-state index contributed by atoms with van der Waals surface area (Å²) in [4.78, 5) is 4.30. The first-order chi connectivity index (χ1) is 7.08. The van der Waals surface area contributed by atoms with E-state index in [1.807, 2.05) is 6.92 Å². The van der Waals surface area contributed by atoms with E-state index in [4.69, 9.17) is 5.73 Å². The molecule has 0 saturated carbocycles. The third-order valence-electron chi connectivity index (χ3n) is 1.95. The maximum atomic E-state index is 13.0. The monoisotopic (exact) mass is 286 g/mol. The van der Waals surface area contributed by atoms with E-state index in [0.29, 0.717) is 9.47 Å². The zero-order valence-corrected chi connectivity index (χ0v) is 10.3. The second-order valence-corrected chi connectivity index (χ2v) is 5.16. The molecule has 0 aliphatic carbocycles. The summed E-state index contributed by atoms with van der Waals surface area (Å²) in [6.07, 6.45) is 0. The number of hydrogen-bond acceptors (Lipinski definition) is 3. The number of hydrogen-bond donors (Lipinski definition) is 1. The molecule has 5 heteroatoms. The van der Waals surface area contributed by atoms with Crippen LogP contribution in [0.4, 0.5) is 9.39 Å². The molecule has 0 radical (unpaired) electrons. The van der Waals surface area contributed by atoms with Crippen molar-refractivity contribution < 1.29 is 4.39 Å². The van der Waals surface area contributed by atoms with Crippen LogP contribution >= 0.6 is 27.3 Å². The van der Waals surface area contributed by atoms with Gasteiger partial charge < -0.3 is 5.73 Å². The molecule has 15 heavy (non-hydrogen) atoms. The molecule has 0 bridgehead atoms. The van der Waals surface area contributed by atoms with Crippen molar-refractivity contribution in [2.24, 2.45) is 0 Å². The van der Waals surface area contributed by atoms with Crippen molar-refractivity contribution in [1.29, 1.82) is 0 Å². The van der Waals surface area contributed by atoms with Crippen molar-refractivity contribution >= 4 is 32.3 Å². The van der Waals surface area contributed by atoms with Gasteiger partial charge in [-0.3, -0.25) is 0 Å². The molecule has 1 aromatic heterocycles. The zero-order chi connectivity index (χ0) is 11.0. The first-order valence-electron chi connectivity index (χ1n) is 4.26. The number of anilines is 1. The summed E-state index contributed by atoms with van der Waals surface area (Å²) in [7, 11) is 0. The summed E-state index contributed by atoms with van der Waals surface area (Å²) in [6.45, 7) is 1.89. The number of halogens is 2. The van der Waals surface area contributed by atoms with E-state index in [-0.39, 0.29) is 5.82 Å². The molecule has 0 amide bonds. The molecule has 1 aromatic carbocycles. The molecule has 0 fully saturated rings. The summed E-state index contributed by atoms with van der Waals surface area (Å²) >= 11 is 4.57. The SMILES string of the molecule is Cc1nc(-c2ccc(F)c(Br)c2)c(N)s1. The lowest BCUT2D eigenvalue weighted by molar-refractivity contribution is 0.621. The average molecular weight is 287 g/mol. The van der Waals surface area contributed by atoms with Crippen molar-refractivity contribution in [3.63, 3.8) is 0 Å². The number of aromatic nitrogens is 1. The molecule has 78 valence electrons. The molecule has 2 rings (SSSR count). The topological polar surface area (TPSA) is 38.9 Å². The van der Waals surface area contributed by atoms with Crippen molar-refractivity contribution in [2.45, 2.75) is 6.92 Å². The van der Waals surface area contributed by atoms with Gasteiger partial charge in [0, 0.05) is 5.56 Å². The second kappa shape index (κ2) is 3.90. The van der Waals surface area contributed by atoms with Crippen LogP contribution in [-0.4, -0.2) is 4.98 Å². The molecule has 0 spiro atoms. The van der Waals surface area contributed by atoms with E-state index in [0.717, 1.165) is 16.3 Å². The molecule has 0 aliphatic heterocycles. The molecule has 2 nitrogen and oxygen atoms in total. The Bertz CT molecular complexity index is 510. The van der Waals surface area contributed by atoms with Crippen LogP contribution in [0.25, 0.3) is 11.3 Å². The summed E-state index contributed by atoms with van der Waals surface area (Å²) in [5.74, 6) is -0.288. The fourth-order valence-corrected chi connectivity index (χ4v) is 2.39. The van der Waals surface area contributed by atoms with Gasteiger partial charge in [-0.2, -0.15) is 0 Å². The van der Waals surface area contributed by atoms with Gasteiger partial charge in [-0.1, -0.05) is 0 Å². The Labute approximate surface area is 99.1 Å². The van der Waals surface area contributed by atoms with Gasteiger partial charge in [0.15, 0.2) is 0 Å². The number of nitrogen functional groups attached to an aromatic ring is 1. The molecule has 2 aromatic rings. The maximum absolute atomic E-state index is 13.0. The van der Waals surface area contributed by atoms with Gasteiger partial charge in [-0.25, -0.2) is 9.37 Å². The van der Waals surface area contributed by atoms with Crippen molar-refractivity contribution in [3.05, 3.63) is 33.5 Å². The maximum Gasteiger partial charge on any atom is 0.137 e. The van der Waals surface area contributed by atoms with E-state index < -0.39 is 0 Å². The fraction of sp³-hybridized carbons (Fsp3) is 0.100. The summed E-state index contributed by atoms with van der Waals surface area (Å²) < 4.78 is 13.4. The number of aryl methyl sites for hydroxylation is 1. The number of benzene rings is 1. The second-order valence-electron chi connectivity index (χ2n) is 3.07. The quantitative estimate of drug-likeness (QED) is 0.870. The standard InChI is InChI=1S/C10H8BrFN2S/c1-5-14-9(10(13)15-5)6-2-3-8(12)7(11)4-6/h2-4H,13H2,1H3. The van der Waals surface area contributed by atoms with E-state index in [9.17, 15) is 4.39 Å². The molecular weight excluding hydrogens is 279 g/mol. The van der Waals surface area contributed by atoms with Crippen LogP contribution in [0.2, 0.25) is 0 Å². The highest BCUT2D eigenvalue weighted by Gasteiger charge is 2.09. The largest absolute Gasteiger partial charge is 0.389 e. The predicted octanol–water partition coefficient (Wildman–Crippen LogP) is 3.60. The lowest BCUT2D eigenvalue weighted by Crippen LogP contribution is -1.87. The number of thiazole rings is 1. The van der Waals surface area contributed by atoms with Crippen molar-refractivity contribution in [1.82, 2.24) is 4.98 Å². The minimum Gasteiger partial charge on any atom is -0.389 e. The Kier molecular flexibility index (Phi) is 2.75. The van der Waals surface area contributed by atoms with Crippen LogP contribution < -0.4 is 5.73 Å². The van der Waals surface area contributed by atoms with Crippen molar-refractivity contribution in [2.75, 3.05) is 5.73 Å². The molecular formula is C10H8BrFN2S. The third kappa shape index (κ3) is 2.03. The Morgan fingerprint density at radius 3 is 2.73 bits per heavy atom. The summed E-state index contributed by atoms with van der Waals surface area (Å²) in [5.41, 5.74) is 7.35. The molecule has 0 atom stereocenters. The lowest BCUT2D eigenvalue weighted by atomic mass is 10.1. The van der Waals surface area contributed by atoms with Gasteiger partial charge in [-0.15, -0.1) is 11.3 Å². The Morgan fingerprint density at radius 1 is 1.47 bits per heavy atom. The van der Waals surface area contributed by atoms with E-state index in [2.05, 4.69) is 20.9 Å². The van der Waals surface area contributed by atoms with E-state index in [1.165, 1.54) is 17.4 Å². The van der Waals surface area contributed by atoms with E-state index in [1.54, 1.807) is 12.1 Å². The van der Waals surface area contributed by atoms with Crippen LogP contribution in [-0.2, 0) is 0 Å². The number of nitrogens with two attached hydrogens (primary N) is 1. The highest BCUT2D eigenvalue weighted by Crippen LogP contribution is 2.32. The molecule has 0 aliphatic rings. The Hall–Kier alpha value is -0.940. The van der Waals surface area contributed by atoms with Crippen LogP contribution in [0, 0.1) is 12.7 Å². The van der Waals surface area contributed by atoms with Crippen LogP contribution in [0.1, 0.15) is 5.01 Å². The third-order valence-corrected chi connectivity index (χ3v) is 3.36. The number of nitrogens with zero attached hydrogens (tertiary/aromatic N) is 1. The van der Waals surface area contributed by atoms with Gasteiger partial charge in [0.05, 0.1) is 9.48 Å². The molecule has 1 heterocycles. The first kappa shape index (κ1) is 10.6. The fourth-order valence-electron chi connectivity index (χ4n) is 1.29. The van der Waals surface area contributed by atoms with Crippen molar-refractivity contribution in [3.8, 4) is 11.3 Å². The minimum absolute atomic E-state index is 0.288. The van der Waals surface area contributed by atoms with Crippen LogP contribution in [0.15, 0.2) is 22.7 Å². The summed E-state index contributed by atoms with van der Waals surface area (Å²) in [5, 5.41) is 1.56. The van der Waals surface area contributed by atoms with Gasteiger partial charge in [0.1, 0.15) is 16.5 Å². The van der Waals surface area contributed by atoms with Crippen LogP contribution in [0.3, 0.4) is 0 Å². The minimum atomic E-state index is -0.288. The van der Waals surface area contributed by atoms with Gasteiger partial charge in [0.25, 0.3) is 0 Å². The number of rotatable bonds is 1. The van der Waals surface area contributed by atoms with E-state index >= 15 is 0 Å². The lowest BCUT2D eigenvalue weighted by Gasteiger charge is -2.00. The zero-order valence-electron chi connectivity index (χ0n) is 7.92. The Morgan fingerprint density at radius 2 is 2.20 bits per heavy atom. The molecule has 0 saturated heterocycles. The first-order valence-corrected chi connectivity index (χ1v) is 5.87. The highest BCUT2D eigenvalue weighted by atomic mass is 79.9. The van der Waals surface area contributed by atoms with Crippen LogP contribution in [0.5, 0.6) is 0 Å². The summed E-state index contributed by atoms with van der Waals surface area (Å²) in [6, 6.07) is 4.75. The molecule has 2 N–H and O–H groups in total. The highest BCUT2D eigenvalue weighted by molar-refractivity contribution is 9.10. The van der Waals surface area contributed by atoms with Gasteiger partial charge in [-0.05, 0) is 41.1 Å². The smallest absolute Gasteiger partial charge is 0.137 e. The average Bonchev–Trinajstić information content (AvgIpc) is 2.50. The van der Waals surface area contributed by atoms with Gasteiger partial charge in [0.2, 0.25) is 0 Å². The predicted molar refractivity (Wildman–Crippen MR) is 64.4 cm³/mol.